The Labute approximate surface area is 609 Å². The first-order chi connectivity index (χ1) is 49.6. The van der Waals surface area contributed by atoms with Crippen LogP contribution >= 0.6 is 0 Å². The van der Waals surface area contributed by atoms with Gasteiger partial charge in [0, 0.05) is 60.6 Å². The van der Waals surface area contributed by atoms with Gasteiger partial charge >= 0.3 is 0 Å². The molecule has 0 bridgehead atoms. The molecule has 2 aliphatic heterocycles. The van der Waals surface area contributed by atoms with Crippen LogP contribution in [0.25, 0.3) is 134 Å². The van der Waals surface area contributed by atoms with Crippen LogP contribution in [0.15, 0.2) is 218 Å². The van der Waals surface area contributed by atoms with Gasteiger partial charge in [-0.25, -0.2) is 15.0 Å². The van der Waals surface area contributed by atoms with Gasteiger partial charge in [-0.1, -0.05) is 267 Å². The van der Waals surface area contributed by atoms with E-state index in [2.05, 4.69) is 311 Å². The fraction of sp³-hybridized carbons (Fsp3) is 0.289. The topological polar surface area (TPSA) is 48.5 Å². The molecule has 103 heavy (non-hydrogen) atoms. The molecule has 11 aromatic carbocycles. The van der Waals surface area contributed by atoms with Crippen molar-refractivity contribution in [2.75, 3.05) is 0 Å². The first-order valence-corrected chi connectivity index (χ1v) is 38.4. The highest BCUT2D eigenvalue weighted by Crippen LogP contribution is 2.50. The van der Waals surface area contributed by atoms with Crippen molar-refractivity contribution >= 4 is 66.7 Å². The molecule has 0 saturated heterocycles. The second-order valence-electron chi connectivity index (χ2n) is 34.9. The average Bonchev–Trinajstić information content (AvgIpc) is 1.53. The molecule has 0 N–H and O–H groups in total. The number of hydrogen-bond donors (Lipinski definition) is 0. The van der Waals surface area contributed by atoms with Crippen molar-refractivity contribution in [3.63, 3.8) is 0 Å². The van der Waals surface area contributed by atoms with Gasteiger partial charge in [0.1, 0.15) is 0 Å². The van der Waals surface area contributed by atoms with Crippen LogP contribution in [-0.2, 0) is 21.7 Å². The van der Waals surface area contributed by atoms with E-state index < -0.39 is 0 Å². The Morgan fingerprint density at radius 2 is 0.631 bits per heavy atom. The van der Waals surface area contributed by atoms with Gasteiger partial charge in [0.25, 0.3) is 6.71 Å². The van der Waals surface area contributed by atoms with Crippen LogP contribution < -0.4 is 16.4 Å². The van der Waals surface area contributed by atoms with E-state index in [9.17, 15) is 0 Å². The lowest BCUT2D eigenvalue weighted by atomic mass is 9.34. The summed E-state index contributed by atoms with van der Waals surface area (Å²) in [6.45, 7) is 27.8. The largest absolute Gasteiger partial charge is 0.310 e. The van der Waals surface area contributed by atoms with E-state index in [4.69, 9.17) is 15.0 Å². The summed E-state index contributed by atoms with van der Waals surface area (Å²) in [6.07, 6.45) is 12.4. The van der Waals surface area contributed by atoms with E-state index >= 15 is 0 Å². The second-order valence-corrected chi connectivity index (χ2v) is 34.9. The highest BCUT2D eigenvalue weighted by atomic mass is 15.1. The molecular weight excluding hydrogens is 1250 g/mol. The van der Waals surface area contributed by atoms with Crippen molar-refractivity contribution in [1.29, 1.82) is 0 Å². The molecule has 6 heteroatoms. The summed E-state index contributed by atoms with van der Waals surface area (Å²) in [5.74, 6) is 2.92. The van der Waals surface area contributed by atoms with E-state index in [0.29, 0.717) is 29.3 Å². The standard InChI is InChI=1S/C97H94BN5/c1-94(2,3)72-43-69(44-73(57-72)95(4,5)6)91-99-92(70-45-74(96(7,8)9)58-75(46-70)97(10,11)12)101-93(100-91)71-55-84-88-85(56-71)103-83-54-68(62-37-25-16-26-38-62)48-77(64-41-29-18-30-42-64)87(83)79-50-66(60-33-21-14-22-34-60)52-81(90(79)103)98(88)80-51-65(59-31-19-13-20-32-59)49-78-86-76(63-39-27-17-28-40-63)47-67(61-35-23-15-24-36-61)53-82(86)102(84)89(78)80/h15-18,23-30,35-60H,13-14,19-22,31-34H2,1-12H3. The molecule has 0 unspecified atom stereocenters. The summed E-state index contributed by atoms with van der Waals surface area (Å²) >= 11 is 0. The van der Waals surface area contributed by atoms with E-state index in [1.54, 1.807) is 0 Å². The van der Waals surface area contributed by atoms with Crippen molar-refractivity contribution < 1.29 is 0 Å². The maximum absolute atomic E-state index is 5.94. The van der Waals surface area contributed by atoms with Gasteiger partial charge in [0.15, 0.2) is 17.5 Å². The first kappa shape index (κ1) is 65.1. The number of nitrogens with zero attached hydrogens (tertiary/aromatic N) is 5. The van der Waals surface area contributed by atoms with Crippen molar-refractivity contribution in [2.45, 2.75) is 181 Å². The highest BCUT2D eigenvalue weighted by Gasteiger charge is 2.44. The lowest BCUT2D eigenvalue weighted by Crippen LogP contribution is -2.59. The molecule has 3 aromatic heterocycles. The van der Waals surface area contributed by atoms with Crippen molar-refractivity contribution in [1.82, 2.24) is 24.1 Å². The monoisotopic (exact) mass is 1340 g/mol. The zero-order chi connectivity index (χ0) is 70.6. The predicted molar refractivity (Wildman–Crippen MR) is 438 cm³/mol. The van der Waals surface area contributed by atoms with Crippen LogP contribution in [0.5, 0.6) is 0 Å². The summed E-state index contributed by atoms with van der Waals surface area (Å²) in [5.41, 5.74) is 31.6. The first-order valence-electron chi connectivity index (χ1n) is 38.4. The molecular formula is C97H94BN5. The zero-order valence-electron chi connectivity index (χ0n) is 62.3. The quantitative estimate of drug-likeness (QED) is 0.135. The molecule has 18 rings (SSSR count). The van der Waals surface area contributed by atoms with Gasteiger partial charge in [0.05, 0.1) is 11.0 Å². The third-order valence-corrected chi connectivity index (χ3v) is 23.8. The SMILES string of the molecule is CC(C)(C)c1cc(-c2nc(-c3cc(C(C)(C)C)cc(C(C)(C)C)c3)nc(-c3cc4c5c(c3)-n3c6cc(-c7ccccc7)cc(-c7ccccc7)c6c6cc(C7CCCCC7)cc(c63)B5c3cc(C5CCCCC5)cc5c6c(-c7ccccc7)cc(-c7ccccc7)cc6n-4c35)n2)cc(C(C)(C)C)c1. The van der Waals surface area contributed by atoms with E-state index in [-0.39, 0.29) is 28.4 Å². The fourth-order valence-corrected chi connectivity index (χ4v) is 18.1. The molecule has 0 radical (unpaired) electrons. The number of rotatable bonds is 9. The summed E-state index contributed by atoms with van der Waals surface area (Å²) in [5, 5.41) is 5.27. The molecule has 4 aliphatic rings. The third kappa shape index (κ3) is 11.2. The smallest absolute Gasteiger partial charge is 0.252 e. The van der Waals surface area contributed by atoms with E-state index in [0.717, 1.165) is 16.7 Å². The molecule has 2 fully saturated rings. The summed E-state index contributed by atoms with van der Waals surface area (Å²) < 4.78 is 5.47. The Morgan fingerprint density at radius 1 is 0.311 bits per heavy atom. The molecule has 0 atom stereocenters. The van der Waals surface area contributed by atoms with E-state index in [1.165, 1.54) is 213 Å². The van der Waals surface area contributed by atoms with Gasteiger partial charge in [-0.15, -0.1) is 0 Å². The van der Waals surface area contributed by atoms with Crippen molar-refractivity contribution in [3.8, 4) is 90.0 Å². The predicted octanol–water partition coefficient (Wildman–Crippen LogP) is 24.2. The average molecular weight is 1340 g/mol. The lowest BCUT2D eigenvalue weighted by Gasteiger charge is -2.35. The van der Waals surface area contributed by atoms with Crippen molar-refractivity contribution in [2.24, 2.45) is 0 Å². The van der Waals surface area contributed by atoms with Gasteiger partial charge in [-0.3, -0.25) is 0 Å². The van der Waals surface area contributed by atoms with Gasteiger partial charge in [-0.2, -0.15) is 0 Å². The Balaban J connectivity index is 1.04. The molecule has 5 heterocycles. The molecule has 0 amide bonds. The molecule has 2 aliphatic carbocycles. The zero-order valence-corrected chi connectivity index (χ0v) is 62.3. The fourth-order valence-electron chi connectivity index (χ4n) is 18.1. The minimum absolute atomic E-state index is 0.108. The maximum atomic E-state index is 5.94. The minimum atomic E-state index is -0.146. The van der Waals surface area contributed by atoms with Crippen LogP contribution in [0.3, 0.4) is 0 Å². The second kappa shape index (κ2) is 24.4. The Bertz CT molecular complexity index is 5310. The van der Waals surface area contributed by atoms with Gasteiger partial charge < -0.3 is 9.13 Å². The molecule has 5 nitrogen and oxygen atoms in total. The summed E-state index contributed by atoms with van der Waals surface area (Å²) in [6, 6.07) is 84.9. The number of benzene rings is 11. The van der Waals surface area contributed by atoms with Crippen LogP contribution in [-0.4, -0.2) is 30.8 Å². The number of fused-ring (bicyclic) bond motifs is 10. The summed E-state index contributed by atoms with van der Waals surface area (Å²) in [7, 11) is 0. The molecule has 2 saturated carbocycles. The number of hydrogen-bond acceptors (Lipinski definition) is 3. The molecule has 510 valence electrons. The van der Waals surface area contributed by atoms with Crippen LogP contribution in [0, 0.1) is 0 Å². The van der Waals surface area contributed by atoms with Crippen LogP contribution in [0.2, 0.25) is 0 Å². The maximum Gasteiger partial charge on any atom is 0.252 e. The third-order valence-electron chi connectivity index (χ3n) is 23.8. The Kier molecular flexibility index (Phi) is 15.4. The van der Waals surface area contributed by atoms with Gasteiger partial charge in [-0.05, 0) is 226 Å². The Hall–Kier alpha value is -9.91. The molecule has 14 aromatic rings. The van der Waals surface area contributed by atoms with Crippen LogP contribution in [0.4, 0.5) is 0 Å². The lowest BCUT2D eigenvalue weighted by molar-refractivity contribution is 0.444. The molecule has 0 spiro atoms. The van der Waals surface area contributed by atoms with Crippen molar-refractivity contribution in [3.05, 3.63) is 252 Å². The minimum Gasteiger partial charge on any atom is -0.310 e. The normalized spacial score (nSPS) is 15.1. The highest BCUT2D eigenvalue weighted by molar-refractivity contribution is 7.00. The summed E-state index contributed by atoms with van der Waals surface area (Å²) in [4.78, 5) is 17.6. The van der Waals surface area contributed by atoms with E-state index in [1.807, 2.05) is 0 Å². The van der Waals surface area contributed by atoms with Crippen LogP contribution in [0.1, 0.15) is 193 Å². The van der Waals surface area contributed by atoms with Gasteiger partial charge in [0.2, 0.25) is 0 Å². The number of aromatic nitrogens is 5. The Morgan fingerprint density at radius 3 is 0.961 bits per heavy atom.